The third-order valence-corrected chi connectivity index (χ3v) is 3.37. The summed E-state index contributed by atoms with van der Waals surface area (Å²) in [7, 11) is 1.59. The number of ether oxygens (including phenoxy) is 2. The van der Waals surface area contributed by atoms with Crippen LogP contribution in [0.3, 0.4) is 0 Å². The second-order valence-electron chi connectivity index (χ2n) is 5.51. The summed E-state index contributed by atoms with van der Waals surface area (Å²) >= 11 is 0. The molecule has 0 radical (unpaired) electrons. The number of rotatable bonds is 8. The minimum atomic E-state index is -0.435. The van der Waals surface area contributed by atoms with Gasteiger partial charge in [-0.15, -0.1) is 0 Å². The Morgan fingerprint density at radius 2 is 2.00 bits per heavy atom. The van der Waals surface area contributed by atoms with Crippen molar-refractivity contribution < 1.29 is 19.1 Å². The Labute approximate surface area is 137 Å². The lowest BCUT2D eigenvalue weighted by Gasteiger charge is -2.20. The Bertz CT molecular complexity index is 580. The highest BCUT2D eigenvalue weighted by atomic mass is 16.5. The average Bonchev–Trinajstić information content (AvgIpc) is 2.51. The number of aryl methyl sites for hydroxylation is 1. The first-order chi connectivity index (χ1) is 10.9. The molecule has 0 saturated heterocycles. The number of likely N-dealkylation sites (N-methyl/N-ethyl adjacent to an activating group) is 1. The fraction of sp³-hybridized carbons (Fsp3) is 0.444. The molecule has 0 N–H and O–H groups in total. The lowest BCUT2D eigenvalue weighted by molar-refractivity contribution is -0.151. The van der Waals surface area contributed by atoms with Crippen molar-refractivity contribution >= 4 is 11.9 Å². The minimum Gasteiger partial charge on any atom is -0.496 e. The molecular formula is C18H25NO4. The maximum Gasteiger partial charge on any atom is 0.310 e. The summed E-state index contributed by atoms with van der Waals surface area (Å²) in [5.74, 6) is 0.0750. The predicted molar refractivity (Wildman–Crippen MR) is 89.5 cm³/mol. The fourth-order valence-electron chi connectivity index (χ4n) is 2.13. The van der Waals surface area contributed by atoms with E-state index >= 15 is 0 Å². The molecular weight excluding hydrogens is 294 g/mol. The van der Waals surface area contributed by atoms with E-state index < -0.39 is 5.97 Å². The van der Waals surface area contributed by atoms with Gasteiger partial charge in [-0.1, -0.05) is 24.3 Å². The van der Waals surface area contributed by atoms with Crippen LogP contribution in [-0.4, -0.2) is 43.6 Å². The molecule has 1 amide bonds. The minimum absolute atomic E-state index is 0.108. The van der Waals surface area contributed by atoms with Gasteiger partial charge in [0.2, 0.25) is 0 Å². The Kier molecular flexibility index (Phi) is 7.32. The van der Waals surface area contributed by atoms with Crippen molar-refractivity contribution in [1.82, 2.24) is 4.90 Å². The molecule has 1 aromatic rings. The van der Waals surface area contributed by atoms with Crippen molar-refractivity contribution in [3.05, 3.63) is 41.5 Å². The van der Waals surface area contributed by atoms with Crippen LogP contribution >= 0.6 is 0 Å². The van der Waals surface area contributed by atoms with Gasteiger partial charge in [-0.2, -0.15) is 0 Å². The fourth-order valence-corrected chi connectivity index (χ4v) is 2.13. The topological polar surface area (TPSA) is 55.8 Å². The van der Waals surface area contributed by atoms with Crippen LogP contribution in [0.5, 0.6) is 5.75 Å². The van der Waals surface area contributed by atoms with E-state index in [4.69, 9.17) is 9.47 Å². The summed E-state index contributed by atoms with van der Waals surface area (Å²) in [5, 5.41) is 0. The molecule has 0 heterocycles. The van der Waals surface area contributed by atoms with E-state index in [1.807, 2.05) is 32.9 Å². The summed E-state index contributed by atoms with van der Waals surface area (Å²) in [6.07, 6.45) is 0.108. The summed E-state index contributed by atoms with van der Waals surface area (Å²) < 4.78 is 10.3. The van der Waals surface area contributed by atoms with E-state index in [0.29, 0.717) is 13.1 Å². The Hall–Kier alpha value is -2.30. The first-order valence-corrected chi connectivity index (χ1v) is 7.58. The van der Waals surface area contributed by atoms with Gasteiger partial charge in [-0.05, 0) is 38.0 Å². The first-order valence-electron chi connectivity index (χ1n) is 7.58. The summed E-state index contributed by atoms with van der Waals surface area (Å²) in [6.45, 7) is 10.2. The number of carbonyl (C=O) groups is 2. The van der Waals surface area contributed by atoms with Gasteiger partial charge in [-0.25, -0.2) is 0 Å². The lowest BCUT2D eigenvalue weighted by atomic mass is 10.1. The largest absolute Gasteiger partial charge is 0.496 e. The van der Waals surface area contributed by atoms with Gasteiger partial charge in [0, 0.05) is 13.1 Å². The van der Waals surface area contributed by atoms with Gasteiger partial charge in [0.15, 0.2) is 6.61 Å². The van der Waals surface area contributed by atoms with Gasteiger partial charge in [0.1, 0.15) is 5.75 Å². The number of esters is 1. The van der Waals surface area contributed by atoms with Crippen molar-refractivity contribution in [3.8, 4) is 5.75 Å². The van der Waals surface area contributed by atoms with E-state index in [1.54, 1.807) is 18.1 Å². The molecule has 0 aromatic heterocycles. The van der Waals surface area contributed by atoms with E-state index in [0.717, 1.165) is 22.4 Å². The number of hydrogen-bond donors (Lipinski definition) is 0. The zero-order valence-corrected chi connectivity index (χ0v) is 14.3. The molecule has 0 aliphatic rings. The second-order valence-corrected chi connectivity index (χ2v) is 5.51. The highest BCUT2D eigenvalue weighted by molar-refractivity contribution is 5.81. The molecule has 5 nitrogen and oxygen atoms in total. The molecule has 0 unspecified atom stereocenters. The smallest absolute Gasteiger partial charge is 0.310 e. The summed E-state index contributed by atoms with van der Waals surface area (Å²) in [6, 6.07) is 5.54. The molecule has 0 fully saturated rings. The maximum absolute atomic E-state index is 12.0. The van der Waals surface area contributed by atoms with Crippen molar-refractivity contribution in [2.24, 2.45) is 0 Å². The number of amides is 1. The van der Waals surface area contributed by atoms with Crippen LogP contribution in [0.1, 0.15) is 25.0 Å². The maximum atomic E-state index is 12.0. The molecule has 126 valence electrons. The average molecular weight is 319 g/mol. The zero-order valence-electron chi connectivity index (χ0n) is 14.3. The van der Waals surface area contributed by atoms with Crippen LogP contribution in [0.15, 0.2) is 30.4 Å². The number of methoxy groups -OCH3 is 1. The van der Waals surface area contributed by atoms with E-state index in [1.165, 1.54) is 0 Å². The number of benzene rings is 1. The van der Waals surface area contributed by atoms with Crippen molar-refractivity contribution in [1.29, 1.82) is 0 Å². The van der Waals surface area contributed by atoms with E-state index in [2.05, 4.69) is 6.58 Å². The number of nitrogens with zero attached hydrogens (tertiary/aromatic N) is 1. The number of hydrogen-bond acceptors (Lipinski definition) is 4. The monoisotopic (exact) mass is 319 g/mol. The summed E-state index contributed by atoms with van der Waals surface area (Å²) in [5.41, 5.74) is 2.68. The predicted octanol–water partition coefficient (Wildman–Crippen LogP) is 2.51. The molecule has 0 saturated carbocycles. The third kappa shape index (κ3) is 6.14. The molecule has 1 rings (SSSR count). The van der Waals surface area contributed by atoms with Crippen LogP contribution in [-0.2, 0) is 20.7 Å². The van der Waals surface area contributed by atoms with E-state index in [9.17, 15) is 9.59 Å². The van der Waals surface area contributed by atoms with Crippen molar-refractivity contribution in [3.63, 3.8) is 0 Å². The SMILES string of the molecule is C=C(C)CN(CC)C(=O)COC(=O)Cc1ccc(C)c(OC)c1. The second kappa shape index (κ2) is 8.98. The van der Waals surface area contributed by atoms with Crippen LogP contribution in [0, 0.1) is 6.92 Å². The van der Waals surface area contributed by atoms with Crippen molar-refractivity contribution in [2.45, 2.75) is 27.2 Å². The lowest BCUT2D eigenvalue weighted by Crippen LogP contribution is -2.35. The number of carbonyl (C=O) groups excluding carboxylic acids is 2. The zero-order chi connectivity index (χ0) is 17.4. The van der Waals surface area contributed by atoms with Gasteiger partial charge >= 0.3 is 5.97 Å². The molecule has 5 heteroatoms. The van der Waals surface area contributed by atoms with Gasteiger partial charge in [-0.3, -0.25) is 9.59 Å². The van der Waals surface area contributed by atoms with Crippen molar-refractivity contribution in [2.75, 3.05) is 26.8 Å². The Morgan fingerprint density at radius 1 is 1.30 bits per heavy atom. The highest BCUT2D eigenvalue weighted by Crippen LogP contribution is 2.19. The first kappa shape index (κ1) is 18.7. The van der Waals surface area contributed by atoms with Crippen LogP contribution in [0.25, 0.3) is 0 Å². The molecule has 0 aliphatic carbocycles. The molecule has 0 aliphatic heterocycles. The van der Waals surface area contributed by atoms with Crippen LogP contribution in [0.4, 0.5) is 0 Å². The quantitative estimate of drug-likeness (QED) is 0.546. The molecule has 1 aromatic carbocycles. The van der Waals surface area contributed by atoms with Gasteiger partial charge in [0.25, 0.3) is 5.91 Å². The Morgan fingerprint density at radius 3 is 2.57 bits per heavy atom. The standard InChI is InChI=1S/C18H25NO4/c1-6-19(11-13(2)3)17(20)12-23-18(21)10-15-8-7-14(4)16(9-15)22-5/h7-9H,2,6,10-12H2,1,3-5H3. The van der Waals surface area contributed by atoms with E-state index in [-0.39, 0.29) is 18.9 Å². The van der Waals surface area contributed by atoms with Gasteiger partial charge < -0.3 is 14.4 Å². The Balaban J connectivity index is 2.53. The summed E-state index contributed by atoms with van der Waals surface area (Å²) in [4.78, 5) is 25.5. The third-order valence-electron chi connectivity index (χ3n) is 3.37. The highest BCUT2D eigenvalue weighted by Gasteiger charge is 2.15. The molecule has 0 spiro atoms. The molecule has 0 atom stereocenters. The molecule has 23 heavy (non-hydrogen) atoms. The van der Waals surface area contributed by atoms with Gasteiger partial charge in [0.05, 0.1) is 13.5 Å². The normalized spacial score (nSPS) is 10.1. The van der Waals surface area contributed by atoms with Crippen LogP contribution in [0.2, 0.25) is 0 Å². The van der Waals surface area contributed by atoms with Crippen LogP contribution < -0.4 is 4.74 Å². The molecule has 0 bridgehead atoms.